The van der Waals surface area contributed by atoms with Gasteiger partial charge in [0.05, 0.1) is 0 Å². The molecule has 0 fully saturated rings. The molecule has 3 heteroatoms. The first-order valence-electron chi connectivity index (χ1n) is 8.75. The molecule has 1 N–H and O–H groups in total. The molecule has 0 aromatic heterocycles. The third-order valence-corrected chi connectivity index (χ3v) is 5.78. The molecule has 0 saturated carbocycles. The Morgan fingerprint density at radius 2 is 1.84 bits per heavy atom. The zero-order valence-corrected chi connectivity index (χ0v) is 15.9. The van der Waals surface area contributed by atoms with Gasteiger partial charge in [0.1, 0.15) is 5.84 Å². The first-order valence-corrected chi connectivity index (χ1v) is 9.54. The fourth-order valence-electron chi connectivity index (χ4n) is 3.85. The Bertz CT molecular complexity index is 933. The van der Waals surface area contributed by atoms with Gasteiger partial charge in [-0.1, -0.05) is 71.4 Å². The molecule has 1 aliphatic rings. The molecule has 4 rings (SSSR count). The largest absolute Gasteiger partial charge is 0.329 e. The van der Waals surface area contributed by atoms with Crippen LogP contribution in [-0.4, -0.2) is 12.4 Å². The van der Waals surface area contributed by atoms with Crippen molar-refractivity contribution >= 4 is 38.2 Å². The molecular weight excluding hydrogens is 372 g/mol. The van der Waals surface area contributed by atoms with Crippen molar-refractivity contribution in [1.29, 1.82) is 5.41 Å². The summed E-state index contributed by atoms with van der Waals surface area (Å²) < 4.78 is 1.14. The van der Waals surface area contributed by atoms with E-state index in [0.29, 0.717) is 11.8 Å². The Balaban J connectivity index is 1.63. The lowest BCUT2D eigenvalue weighted by atomic mass is 9.96. The second-order valence-electron chi connectivity index (χ2n) is 6.78. The summed E-state index contributed by atoms with van der Waals surface area (Å²) >= 11 is 3.66. The lowest BCUT2D eigenvalue weighted by Gasteiger charge is -2.21. The van der Waals surface area contributed by atoms with Crippen molar-refractivity contribution in [1.82, 2.24) is 0 Å². The van der Waals surface area contributed by atoms with Crippen LogP contribution >= 0.6 is 15.9 Å². The van der Waals surface area contributed by atoms with E-state index >= 15 is 0 Å². The quantitative estimate of drug-likeness (QED) is 0.420. The Morgan fingerprint density at radius 3 is 2.64 bits per heavy atom. The standard InChI is InChI=1S/C22H21BrN2/c1-15-14-25(21(24)13-10-16-6-3-2-4-7-16)20-12-11-17-18(22(15)20)8-5-9-19(17)23/h2-9,11-12,15,24H,10,13-14H2,1H3. The second-order valence-corrected chi connectivity index (χ2v) is 7.63. The highest BCUT2D eigenvalue weighted by molar-refractivity contribution is 9.10. The van der Waals surface area contributed by atoms with Gasteiger partial charge in [0, 0.05) is 29.0 Å². The van der Waals surface area contributed by atoms with E-state index in [1.165, 1.54) is 27.6 Å². The first-order chi connectivity index (χ1) is 12.1. The van der Waals surface area contributed by atoms with E-state index in [9.17, 15) is 0 Å². The summed E-state index contributed by atoms with van der Waals surface area (Å²) in [6, 6.07) is 21.2. The summed E-state index contributed by atoms with van der Waals surface area (Å²) in [6.45, 7) is 3.16. The van der Waals surface area contributed by atoms with Gasteiger partial charge in [0.25, 0.3) is 0 Å². The van der Waals surface area contributed by atoms with Gasteiger partial charge >= 0.3 is 0 Å². The number of anilines is 1. The third-order valence-electron chi connectivity index (χ3n) is 5.09. The zero-order valence-electron chi connectivity index (χ0n) is 14.3. The van der Waals surface area contributed by atoms with E-state index in [0.717, 1.165) is 23.9 Å². The van der Waals surface area contributed by atoms with E-state index in [1.807, 2.05) is 6.07 Å². The number of amidine groups is 1. The Labute approximate surface area is 157 Å². The van der Waals surface area contributed by atoms with Gasteiger partial charge in [0.15, 0.2) is 0 Å². The van der Waals surface area contributed by atoms with E-state index in [1.54, 1.807) is 0 Å². The minimum Gasteiger partial charge on any atom is -0.329 e. The highest BCUT2D eigenvalue weighted by Crippen LogP contribution is 2.42. The predicted molar refractivity (Wildman–Crippen MR) is 110 cm³/mol. The molecule has 3 aromatic carbocycles. The molecule has 0 saturated heterocycles. The highest BCUT2D eigenvalue weighted by Gasteiger charge is 2.29. The summed E-state index contributed by atoms with van der Waals surface area (Å²) in [4.78, 5) is 2.20. The molecule has 2 nitrogen and oxygen atoms in total. The van der Waals surface area contributed by atoms with Crippen LogP contribution in [-0.2, 0) is 6.42 Å². The van der Waals surface area contributed by atoms with Crippen LogP contribution in [0.3, 0.4) is 0 Å². The van der Waals surface area contributed by atoms with Crippen molar-refractivity contribution in [3.05, 3.63) is 76.3 Å². The molecule has 25 heavy (non-hydrogen) atoms. The maximum atomic E-state index is 8.62. The Hall–Kier alpha value is -2.13. The maximum absolute atomic E-state index is 8.62. The third kappa shape index (κ3) is 2.98. The van der Waals surface area contributed by atoms with Gasteiger partial charge in [-0.2, -0.15) is 0 Å². The van der Waals surface area contributed by atoms with Gasteiger partial charge in [-0.3, -0.25) is 5.41 Å². The molecule has 0 bridgehead atoms. The number of hydrogen-bond donors (Lipinski definition) is 1. The monoisotopic (exact) mass is 392 g/mol. The summed E-state index contributed by atoms with van der Waals surface area (Å²) in [6.07, 6.45) is 1.69. The van der Waals surface area contributed by atoms with Gasteiger partial charge < -0.3 is 4.90 Å². The van der Waals surface area contributed by atoms with Crippen LogP contribution in [0.1, 0.15) is 30.4 Å². The number of nitrogens with one attached hydrogen (secondary N) is 1. The molecular formula is C22H21BrN2. The average molecular weight is 393 g/mol. The van der Waals surface area contributed by atoms with Gasteiger partial charge in [-0.25, -0.2) is 0 Å². The highest BCUT2D eigenvalue weighted by atomic mass is 79.9. The minimum atomic E-state index is 0.435. The van der Waals surface area contributed by atoms with E-state index in [-0.39, 0.29) is 0 Å². The number of hydrogen-bond acceptors (Lipinski definition) is 1. The fraction of sp³-hybridized carbons (Fsp3) is 0.227. The molecule has 1 atom stereocenters. The lowest BCUT2D eigenvalue weighted by Crippen LogP contribution is -2.29. The summed E-state index contributed by atoms with van der Waals surface area (Å²) in [5.74, 6) is 1.15. The van der Waals surface area contributed by atoms with Crippen molar-refractivity contribution in [3.8, 4) is 0 Å². The molecule has 1 heterocycles. The summed E-state index contributed by atoms with van der Waals surface area (Å²) in [5.41, 5.74) is 3.88. The molecule has 1 unspecified atom stereocenters. The molecule has 0 spiro atoms. The molecule has 126 valence electrons. The van der Waals surface area contributed by atoms with Crippen molar-refractivity contribution < 1.29 is 0 Å². The van der Waals surface area contributed by atoms with E-state index in [4.69, 9.17) is 5.41 Å². The number of aryl methyl sites for hydroxylation is 1. The van der Waals surface area contributed by atoms with Crippen molar-refractivity contribution in [2.75, 3.05) is 11.4 Å². The van der Waals surface area contributed by atoms with Crippen LogP contribution in [0.4, 0.5) is 5.69 Å². The minimum absolute atomic E-state index is 0.435. The van der Waals surface area contributed by atoms with E-state index in [2.05, 4.69) is 82.4 Å². The fourth-order valence-corrected chi connectivity index (χ4v) is 4.34. The number of benzene rings is 3. The van der Waals surface area contributed by atoms with Crippen molar-refractivity contribution in [3.63, 3.8) is 0 Å². The van der Waals surface area contributed by atoms with Gasteiger partial charge in [-0.05, 0) is 40.5 Å². The Kier molecular flexibility index (Phi) is 4.34. The average Bonchev–Trinajstić information content (AvgIpc) is 2.98. The zero-order chi connectivity index (χ0) is 17.4. The van der Waals surface area contributed by atoms with Crippen LogP contribution in [0.2, 0.25) is 0 Å². The maximum Gasteiger partial charge on any atom is 0.101 e. The first kappa shape index (κ1) is 16.3. The number of nitrogens with zero attached hydrogens (tertiary/aromatic N) is 1. The SMILES string of the molecule is CC1CN(C(=N)CCc2ccccc2)c2ccc3c(Br)cccc3c21. The molecule has 3 aromatic rings. The molecule has 0 radical (unpaired) electrons. The number of fused-ring (bicyclic) bond motifs is 3. The molecule has 0 aliphatic carbocycles. The van der Waals surface area contributed by atoms with Crippen LogP contribution < -0.4 is 4.90 Å². The summed E-state index contributed by atoms with van der Waals surface area (Å²) in [7, 11) is 0. The van der Waals surface area contributed by atoms with Gasteiger partial charge in [0.2, 0.25) is 0 Å². The molecule has 1 aliphatic heterocycles. The number of rotatable bonds is 3. The Morgan fingerprint density at radius 1 is 1.04 bits per heavy atom. The van der Waals surface area contributed by atoms with Crippen LogP contribution in [0, 0.1) is 5.41 Å². The summed E-state index contributed by atoms with van der Waals surface area (Å²) in [5, 5.41) is 11.2. The van der Waals surface area contributed by atoms with E-state index < -0.39 is 0 Å². The smallest absolute Gasteiger partial charge is 0.101 e. The van der Waals surface area contributed by atoms with Crippen molar-refractivity contribution in [2.24, 2.45) is 0 Å². The van der Waals surface area contributed by atoms with Crippen LogP contribution in [0.15, 0.2) is 65.1 Å². The second kappa shape index (κ2) is 6.64. The van der Waals surface area contributed by atoms with Crippen LogP contribution in [0.25, 0.3) is 10.8 Å². The van der Waals surface area contributed by atoms with Crippen LogP contribution in [0.5, 0.6) is 0 Å². The lowest BCUT2D eigenvalue weighted by molar-refractivity contribution is 0.815. The van der Waals surface area contributed by atoms with Crippen molar-refractivity contribution in [2.45, 2.75) is 25.7 Å². The predicted octanol–water partition coefficient (Wildman–Crippen LogP) is 6.14. The normalized spacial score (nSPS) is 16.2. The van der Waals surface area contributed by atoms with Gasteiger partial charge in [-0.15, -0.1) is 0 Å². The molecule has 0 amide bonds. The number of halogens is 1. The topological polar surface area (TPSA) is 27.1 Å².